The zero-order valence-corrected chi connectivity index (χ0v) is 17.4. The number of alkyl halides is 3. The first kappa shape index (κ1) is 21.1. The molecule has 1 amide bonds. The standard InChI is InChI=1S/C20H15ClF3N5OS/c21-15-3-1-13(2-4-15)10-29-8-6-18(27-29)25-19(30)16-9-14(12-31-16)11-28-7-5-17(26-28)20(22,23)24/h1-9,12H,10-11H2,(H,25,27,30). The Balaban J connectivity index is 1.36. The van der Waals surface area contributed by atoms with E-state index in [1.807, 2.05) is 12.1 Å². The van der Waals surface area contributed by atoms with Crippen molar-refractivity contribution in [2.75, 3.05) is 5.32 Å². The van der Waals surface area contributed by atoms with Crippen LogP contribution in [0.4, 0.5) is 19.0 Å². The monoisotopic (exact) mass is 465 g/mol. The van der Waals surface area contributed by atoms with E-state index < -0.39 is 11.9 Å². The predicted molar refractivity (Wildman–Crippen MR) is 111 cm³/mol. The Morgan fingerprint density at radius 3 is 2.39 bits per heavy atom. The second-order valence-corrected chi connectivity index (χ2v) is 8.04. The van der Waals surface area contributed by atoms with E-state index in [2.05, 4.69) is 15.5 Å². The van der Waals surface area contributed by atoms with Crippen LogP contribution in [0, 0.1) is 0 Å². The van der Waals surface area contributed by atoms with Gasteiger partial charge >= 0.3 is 6.18 Å². The molecule has 0 bridgehead atoms. The number of hydrogen-bond donors (Lipinski definition) is 1. The number of halogens is 4. The highest BCUT2D eigenvalue weighted by Gasteiger charge is 2.33. The van der Waals surface area contributed by atoms with E-state index in [1.54, 1.807) is 40.5 Å². The Morgan fingerprint density at radius 2 is 1.68 bits per heavy atom. The van der Waals surface area contributed by atoms with E-state index in [9.17, 15) is 18.0 Å². The van der Waals surface area contributed by atoms with Crippen molar-refractivity contribution in [3.63, 3.8) is 0 Å². The molecule has 0 radical (unpaired) electrons. The van der Waals surface area contributed by atoms with Gasteiger partial charge in [-0.2, -0.15) is 23.4 Å². The fraction of sp³-hybridized carbons (Fsp3) is 0.150. The number of hydrogen-bond acceptors (Lipinski definition) is 4. The maximum absolute atomic E-state index is 12.7. The average molecular weight is 466 g/mol. The molecule has 6 nitrogen and oxygen atoms in total. The molecule has 4 aromatic rings. The van der Waals surface area contributed by atoms with Crippen LogP contribution in [0.2, 0.25) is 5.02 Å². The van der Waals surface area contributed by atoms with Crippen LogP contribution in [0.15, 0.2) is 60.2 Å². The summed E-state index contributed by atoms with van der Waals surface area (Å²) >= 11 is 7.08. The van der Waals surface area contributed by atoms with E-state index in [4.69, 9.17) is 11.6 Å². The number of thiophene rings is 1. The van der Waals surface area contributed by atoms with Crippen LogP contribution in [0.1, 0.15) is 26.5 Å². The van der Waals surface area contributed by atoms with Crippen LogP contribution in [0.3, 0.4) is 0 Å². The SMILES string of the molecule is O=C(Nc1ccn(Cc2ccc(Cl)cc2)n1)c1cc(Cn2ccc(C(F)(F)F)n2)cs1. The molecule has 3 heterocycles. The van der Waals surface area contributed by atoms with Crippen LogP contribution in [-0.2, 0) is 19.3 Å². The van der Waals surface area contributed by atoms with Crippen LogP contribution >= 0.6 is 22.9 Å². The third-order valence-corrected chi connectivity index (χ3v) is 5.52. The summed E-state index contributed by atoms with van der Waals surface area (Å²) in [4.78, 5) is 12.9. The van der Waals surface area contributed by atoms with Gasteiger partial charge in [-0.25, -0.2) is 0 Å². The fourth-order valence-electron chi connectivity index (χ4n) is 2.84. The van der Waals surface area contributed by atoms with Crippen molar-refractivity contribution in [1.29, 1.82) is 0 Å². The van der Waals surface area contributed by atoms with Gasteiger partial charge < -0.3 is 5.32 Å². The quantitative estimate of drug-likeness (QED) is 0.427. The molecule has 0 aliphatic rings. The van der Waals surface area contributed by atoms with Gasteiger partial charge in [0.1, 0.15) is 0 Å². The average Bonchev–Trinajstić information content (AvgIpc) is 3.45. The molecule has 0 saturated carbocycles. The van der Waals surface area contributed by atoms with Crippen molar-refractivity contribution in [3.05, 3.63) is 87.0 Å². The number of amides is 1. The highest BCUT2D eigenvalue weighted by Crippen LogP contribution is 2.27. The van der Waals surface area contributed by atoms with E-state index in [0.717, 1.165) is 11.6 Å². The van der Waals surface area contributed by atoms with Crippen molar-refractivity contribution in [2.45, 2.75) is 19.3 Å². The molecule has 11 heteroatoms. The first-order valence-electron chi connectivity index (χ1n) is 9.03. The number of benzene rings is 1. The van der Waals surface area contributed by atoms with Crippen LogP contribution in [0.5, 0.6) is 0 Å². The summed E-state index contributed by atoms with van der Waals surface area (Å²) in [7, 11) is 0. The minimum absolute atomic E-state index is 0.135. The highest BCUT2D eigenvalue weighted by molar-refractivity contribution is 7.12. The lowest BCUT2D eigenvalue weighted by atomic mass is 10.2. The summed E-state index contributed by atoms with van der Waals surface area (Å²) < 4.78 is 40.8. The van der Waals surface area contributed by atoms with Crippen molar-refractivity contribution in [3.8, 4) is 0 Å². The molecule has 0 spiro atoms. The van der Waals surface area contributed by atoms with Gasteiger partial charge in [-0.05, 0) is 40.8 Å². The Labute approximate surface area is 183 Å². The topological polar surface area (TPSA) is 64.7 Å². The first-order chi connectivity index (χ1) is 14.8. The van der Waals surface area contributed by atoms with E-state index in [-0.39, 0.29) is 12.5 Å². The molecule has 160 valence electrons. The third kappa shape index (κ3) is 5.33. The highest BCUT2D eigenvalue weighted by atomic mass is 35.5. The Bertz CT molecular complexity index is 1200. The molecule has 0 unspecified atom stereocenters. The summed E-state index contributed by atoms with van der Waals surface area (Å²) in [6.45, 7) is 0.662. The summed E-state index contributed by atoms with van der Waals surface area (Å²) in [5, 5.41) is 12.9. The molecule has 0 aliphatic heterocycles. The molecule has 0 atom stereocenters. The van der Waals surface area contributed by atoms with Crippen LogP contribution < -0.4 is 5.32 Å². The molecule has 3 aromatic heterocycles. The number of carbonyl (C=O) groups is 1. The van der Waals surface area contributed by atoms with Gasteiger partial charge in [0.15, 0.2) is 11.5 Å². The Hall–Kier alpha value is -3.11. The summed E-state index contributed by atoms with van der Waals surface area (Å²) in [6, 6.07) is 11.6. The molecule has 0 saturated heterocycles. The molecular weight excluding hydrogens is 451 g/mol. The smallest absolute Gasteiger partial charge is 0.304 e. The first-order valence-corrected chi connectivity index (χ1v) is 10.3. The van der Waals surface area contributed by atoms with Crippen LogP contribution in [-0.4, -0.2) is 25.5 Å². The Morgan fingerprint density at radius 1 is 1.00 bits per heavy atom. The van der Waals surface area contributed by atoms with Gasteiger partial charge in [0.25, 0.3) is 5.91 Å². The lowest BCUT2D eigenvalue weighted by Gasteiger charge is -2.03. The van der Waals surface area contributed by atoms with Crippen molar-refractivity contribution in [2.24, 2.45) is 0 Å². The van der Waals surface area contributed by atoms with Gasteiger partial charge in [-0.3, -0.25) is 14.2 Å². The van der Waals surface area contributed by atoms with E-state index in [1.165, 1.54) is 22.2 Å². The zero-order valence-electron chi connectivity index (χ0n) is 15.8. The molecule has 1 aromatic carbocycles. The second kappa shape index (κ2) is 8.56. The fourth-order valence-corrected chi connectivity index (χ4v) is 3.76. The second-order valence-electron chi connectivity index (χ2n) is 6.69. The lowest BCUT2D eigenvalue weighted by molar-refractivity contribution is -0.141. The summed E-state index contributed by atoms with van der Waals surface area (Å²) in [6.07, 6.45) is -1.48. The molecule has 31 heavy (non-hydrogen) atoms. The number of anilines is 1. The summed E-state index contributed by atoms with van der Waals surface area (Å²) in [5.41, 5.74) is 0.746. The Kier molecular flexibility index (Phi) is 5.84. The molecule has 1 N–H and O–H groups in total. The number of nitrogens with one attached hydrogen (secondary N) is 1. The molecular formula is C20H15ClF3N5OS. The summed E-state index contributed by atoms with van der Waals surface area (Å²) in [5.74, 6) is 0.0558. The van der Waals surface area contributed by atoms with Gasteiger partial charge in [-0.15, -0.1) is 11.3 Å². The van der Waals surface area contributed by atoms with Gasteiger partial charge in [-0.1, -0.05) is 23.7 Å². The molecule has 4 rings (SSSR count). The minimum Gasteiger partial charge on any atom is -0.304 e. The molecule has 0 aliphatic carbocycles. The molecule has 0 fully saturated rings. The minimum atomic E-state index is -4.48. The number of aromatic nitrogens is 4. The maximum atomic E-state index is 12.7. The third-order valence-electron chi connectivity index (χ3n) is 4.29. The number of nitrogens with zero attached hydrogens (tertiary/aromatic N) is 4. The van der Waals surface area contributed by atoms with Crippen molar-refractivity contribution < 1.29 is 18.0 Å². The largest absolute Gasteiger partial charge is 0.435 e. The van der Waals surface area contributed by atoms with E-state index >= 15 is 0 Å². The number of rotatable bonds is 6. The van der Waals surface area contributed by atoms with Gasteiger partial charge in [0.05, 0.1) is 18.0 Å². The van der Waals surface area contributed by atoms with Crippen LogP contribution in [0.25, 0.3) is 0 Å². The normalized spacial score (nSPS) is 11.6. The maximum Gasteiger partial charge on any atom is 0.435 e. The van der Waals surface area contributed by atoms with Gasteiger partial charge in [0.2, 0.25) is 0 Å². The van der Waals surface area contributed by atoms with Gasteiger partial charge in [0, 0.05) is 23.5 Å². The van der Waals surface area contributed by atoms with Crippen molar-refractivity contribution in [1.82, 2.24) is 19.6 Å². The number of carbonyl (C=O) groups excluding carboxylic acids is 1. The van der Waals surface area contributed by atoms with Crippen molar-refractivity contribution >= 4 is 34.7 Å². The van der Waals surface area contributed by atoms with E-state index in [0.29, 0.717) is 27.8 Å². The predicted octanol–water partition coefficient (Wildman–Crippen LogP) is 5.16. The zero-order chi connectivity index (χ0) is 22.0. The lowest BCUT2D eigenvalue weighted by Crippen LogP contribution is -2.11.